The summed E-state index contributed by atoms with van der Waals surface area (Å²) in [6.45, 7) is 7.93. The van der Waals surface area contributed by atoms with Crippen molar-refractivity contribution in [3.8, 4) is 11.1 Å². The smallest absolute Gasteiger partial charge is 0.337 e. The summed E-state index contributed by atoms with van der Waals surface area (Å²) < 4.78 is 8.72. The molecule has 10 heteroatoms. The molecule has 2 atom stereocenters. The standard InChI is InChI=1S/C32H31ClN4O4S/c1-17-14-23-28(26(18-6-9-21(33)10-7-18)25(17)27(30(39)40)41-32(2,3)4)42-31(35-23)37-13-12-22(29(37)38)19-8-11-24-20(15-19)16-34-36(24)5/h6-11,14-16,22,27H,12-13H2,1-5H3,(H,39,40)/t22?,27-/m0/s1. The Morgan fingerprint density at radius 2 is 1.90 bits per heavy atom. The van der Waals surface area contributed by atoms with Gasteiger partial charge < -0.3 is 9.84 Å². The van der Waals surface area contributed by atoms with Crippen LogP contribution < -0.4 is 4.90 Å². The zero-order chi connectivity index (χ0) is 29.9. The highest BCUT2D eigenvalue weighted by Crippen LogP contribution is 2.45. The monoisotopic (exact) mass is 602 g/mol. The lowest BCUT2D eigenvalue weighted by Crippen LogP contribution is -2.28. The number of carboxylic acid groups (broad SMARTS) is 1. The number of aryl methyl sites for hydroxylation is 2. The zero-order valence-electron chi connectivity index (χ0n) is 24.0. The Kier molecular flexibility index (Phi) is 7.07. The number of halogens is 1. The van der Waals surface area contributed by atoms with E-state index in [0.717, 1.165) is 37.9 Å². The number of hydrogen-bond donors (Lipinski definition) is 1. The van der Waals surface area contributed by atoms with Crippen LogP contribution in [0.2, 0.25) is 5.02 Å². The maximum atomic E-state index is 13.8. The second-order valence-corrected chi connectivity index (χ2v) is 13.1. The predicted molar refractivity (Wildman–Crippen MR) is 166 cm³/mol. The minimum Gasteiger partial charge on any atom is -0.479 e. The predicted octanol–water partition coefficient (Wildman–Crippen LogP) is 7.27. The zero-order valence-corrected chi connectivity index (χ0v) is 25.6. The average molecular weight is 603 g/mol. The van der Waals surface area contributed by atoms with Crippen molar-refractivity contribution >= 4 is 61.1 Å². The first-order valence-electron chi connectivity index (χ1n) is 13.7. The normalized spacial score (nSPS) is 16.6. The summed E-state index contributed by atoms with van der Waals surface area (Å²) >= 11 is 7.61. The van der Waals surface area contributed by atoms with Crippen LogP contribution in [-0.2, 0) is 21.4 Å². The van der Waals surface area contributed by atoms with Crippen molar-refractivity contribution in [3.63, 3.8) is 0 Å². The number of aliphatic carboxylic acids is 1. The molecule has 1 amide bonds. The van der Waals surface area contributed by atoms with Crippen molar-refractivity contribution in [2.45, 2.75) is 51.7 Å². The summed E-state index contributed by atoms with van der Waals surface area (Å²) in [5.41, 5.74) is 4.83. The molecular formula is C32H31ClN4O4S. The number of carboxylic acids is 1. The highest BCUT2D eigenvalue weighted by Gasteiger charge is 2.37. The molecule has 3 aromatic carbocycles. The molecule has 216 valence electrons. The summed E-state index contributed by atoms with van der Waals surface area (Å²) in [7, 11) is 1.90. The third kappa shape index (κ3) is 5.06. The van der Waals surface area contributed by atoms with Gasteiger partial charge in [0.05, 0.1) is 33.4 Å². The molecule has 3 heterocycles. The summed E-state index contributed by atoms with van der Waals surface area (Å²) in [6, 6.07) is 15.3. The maximum Gasteiger partial charge on any atom is 0.337 e. The number of fused-ring (bicyclic) bond motifs is 2. The number of nitrogens with zero attached hydrogens (tertiary/aromatic N) is 4. The lowest BCUT2D eigenvalue weighted by Gasteiger charge is -2.28. The molecule has 42 heavy (non-hydrogen) atoms. The molecular weight excluding hydrogens is 572 g/mol. The van der Waals surface area contributed by atoms with Crippen LogP contribution in [0.3, 0.4) is 0 Å². The number of carbonyl (C=O) groups excluding carboxylic acids is 1. The second kappa shape index (κ2) is 10.5. The average Bonchev–Trinajstić information content (AvgIpc) is 3.63. The van der Waals surface area contributed by atoms with E-state index in [9.17, 15) is 14.7 Å². The quantitative estimate of drug-likeness (QED) is 0.219. The van der Waals surface area contributed by atoms with Gasteiger partial charge in [0, 0.05) is 35.1 Å². The summed E-state index contributed by atoms with van der Waals surface area (Å²) in [5.74, 6) is -1.34. The lowest BCUT2D eigenvalue weighted by atomic mass is 9.91. The molecule has 0 aliphatic carbocycles. The molecule has 8 nitrogen and oxygen atoms in total. The number of hydrogen-bond acceptors (Lipinski definition) is 6. The number of aromatic nitrogens is 3. The van der Waals surface area contributed by atoms with E-state index in [1.165, 1.54) is 11.3 Å². The van der Waals surface area contributed by atoms with Crippen molar-refractivity contribution in [1.29, 1.82) is 0 Å². The van der Waals surface area contributed by atoms with Gasteiger partial charge in [-0.15, -0.1) is 0 Å². The Balaban J connectivity index is 1.45. The molecule has 1 aliphatic heterocycles. The van der Waals surface area contributed by atoms with Crippen LogP contribution >= 0.6 is 22.9 Å². The highest BCUT2D eigenvalue weighted by molar-refractivity contribution is 7.23. The van der Waals surface area contributed by atoms with Gasteiger partial charge in [-0.3, -0.25) is 14.4 Å². The minimum absolute atomic E-state index is 0.00163. The number of rotatable bonds is 6. The van der Waals surface area contributed by atoms with Crippen LogP contribution in [-0.4, -0.2) is 43.9 Å². The molecule has 0 radical (unpaired) electrons. The number of ether oxygens (including phenoxy) is 1. The Morgan fingerprint density at radius 3 is 2.60 bits per heavy atom. The molecule has 5 aromatic rings. The highest BCUT2D eigenvalue weighted by atomic mass is 35.5. The van der Waals surface area contributed by atoms with Crippen LogP contribution in [0.25, 0.3) is 32.2 Å². The molecule has 0 spiro atoms. The van der Waals surface area contributed by atoms with Crippen molar-refractivity contribution in [2.75, 3.05) is 11.4 Å². The van der Waals surface area contributed by atoms with Gasteiger partial charge >= 0.3 is 5.97 Å². The number of amides is 1. The van der Waals surface area contributed by atoms with E-state index in [1.54, 1.807) is 17.0 Å². The van der Waals surface area contributed by atoms with Gasteiger partial charge in [-0.05, 0) is 81.1 Å². The van der Waals surface area contributed by atoms with Gasteiger partial charge in [-0.2, -0.15) is 5.10 Å². The molecule has 1 saturated heterocycles. The number of carbonyl (C=O) groups is 2. The van der Waals surface area contributed by atoms with Gasteiger partial charge in [0.15, 0.2) is 11.2 Å². The maximum absolute atomic E-state index is 13.8. The SMILES string of the molecule is Cc1cc2nc(N3CCC(c4ccc5c(cnn5C)c4)C3=O)sc2c(-c2ccc(Cl)cc2)c1[C@H](OC(C)(C)C)C(=O)O. The third-order valence-corrected chi connectivity index (χ3v) is 8.98. The first kappa shape index (κ1) is 28.3. The van der Waals surface area contributed by atoms with Gasteiger partial charge in [-0.25, -0.2) is 9.78 Å². The molecule has 1 unspecified atom stereocenters. The fourth-order valence-electron chi connectivity index (χ4n) is 5.72. The van der Waals surface area contributed by atoms with Gasteiger partial charge in [0.25, 0.3) is 0 Å². The first-order chi connectivity index (χ1) is 19.9. The van der Waals surface area contributed by atoms with Crippen molar-refractivity contribution in [3.05, 3.63) is 76.4 Å². The number of thiazole rings is 1. The van der Waals surface area contributed by atoms with Crippen LogP contribution in [0.5, 0.6) is 0 Å². The number of benzene rings is 3. The summed E-state index contributed by atoms with van der Waals surface area (Å²) in [6.07, 6.45) is 1.29. The van der Waals surface area contributed by atoms with E-state index in [4.69, 9.17) is 21.3 Å². The Labute approximate surface area is 252 Å². The molecule has 2 aromatic heterocycles. The van der Waals surface area contributed by atoms with Crippen LogP contribution in [0.15, 0.2) is 54.7 Å². The molecule has 1 aliphatic rings. The van der Waals surface area contributed by atoms with Crippen molar-refractivity contribution < 1.29 is 19.4 Å². The van der Waals surface area contributed by atoms with Gasteiger partial charge in [0.2, 0.25) is 5.91 Å². The molecule has 0 saturated carbocycles. The first-order valence-corrected chi connectivity index (χ1v) is 14.9. The third-order valence-electron chi connectivity index (χ3n) is 7.62. The van der Waals surface area contributed by atoms with E-state index < -0.39 is 17.7 Å². The Hall–Kier alpha value is -3.79. The van der Waals surface area contributed by atoms with E-state index in [2.05, 4.69) is 5.10 Å². The van der Waals surface area contributed by atoms with E-state index in [-0.39, 0.29) is 11.8 Å². The fourth-order valence-corrected chi connectivity index (χ4v) is 7.00. The van der Waals surface area contributed by atoms with Crippen LogP contribution in [0.1, 0.15) is 55.9 Å². The van der Waals surface area contributed by atoms with Crippen molar-refractivity contribution in [1.82, 2.24) is 14.8 Å². The molecule has 6 rings (SSSR count). The lowest BCUT2D eigenvalue weighted by molar-refractivity contribution is -0.160. The molecule has 1 fully saturated rings. The van der Waals surface area contributed by atoms with Crippen LogP contribution in [0.4, 0.5) is 5.13 Å². The fraction of sp³-hybridized carbons (Fsp3) is 0.312. The van der Waals surface area contributed by atoms with E-state index in [0.29, 0.717) is 34.2 Å². The van der Waals surface area contributed by atoms with Crippen LogP contribution in [0, 0.1) is 6.92 Å². The second-order valence-electron chi connectivity index (χ2n) is 11.7. The van der Waals surface area contributed by atoms with E-state index >= 15 is 0 Å². The van der Waals surface area contributed by atoms with E-state index in [1.807, 2.05) is 82.0 Å². The van der Waals surface area contributed by atoms with Gasteiger partial charge in [-0.1, -0.05) is 41.1 Å². The van der Waals surface area contributed by atoms with Gasteiger partial charge in [0.1, 0.15) is 0 Å². The number of anilines is 1. The molecule has 0 bridgehead atoms. The Morgan fingerprint density at radius 1 is 1.17 bits per heavy atom. The summed E-state index contributed by atoms with van der Waals surface area (Å²) in [5, 5.41) is 16.8. The molecule has 1 N–H and O–H groups in total. The Bertz CT molecular complexity index is 1850. The minimum atomic E-state index is -1.20. The summed E-state index contributed by atoms with van der Waals surface area (Å²) in [4.78, 5) is 33.0. The van der Waals surface area contributed by atoms with Crippen molar-refractivity contribution in [2.24, 2.45) is 7.05 Å². The largest absolute Gasteiger partial charge is 0.479 e. The topological polar surface area (TPSA) is 97.5 Å².